The Morgan fingerprint density at radius 1 is 1.26 bits per heavy atom. The van der Waals surface area contributed by atoms with E-state index < -0.39 is 5.92 Å². The molecule has 1 aliphatic heterocycles. The molecule has 0 bridgehead atoms. The largest absolute Gasteiger partial charge is 0.442 e. The van der Waals surface area contributed by atoms with Crippen LogP contribution in [-0.2, 0) is 0 Å². The lowest BCUT2D eigenvalue weighted by atomic mass is 9.79. The molecule has 0 fully saturated rings. The number of benzene rings is 1. The summed E-state index contributed by atoms with van der Waals surface area (Å²) in [4.78, 5) is 6.22. The van der Waals surface area contributed by atoms with Gasteiger partial charge in [-0.2, -0.15) is 5.26 Å². The molecule has 2 heterocycles. The topological polar surface area (TPSA) is 73.0 Å². The summed E-state index contributed by atoms with van der Waals surface area (Å²) in [5.41, 5.74) is 3.88. The van der Waals surface area contributed by atoms with Crippen molar-refractivity contribution in [2.24, 2.45) is 5.92 Å². The zero-order valence-electron chi connectivity index (χ0n) is 13.4. The first-order valence-electron chi connectivity index (χ1n) is 7.40. The highest BCUT2D eigenvalue weighted by Gasteiger charge is 2.37. The lowest BCUT2D eigenvalue weighted by molar-refractivity contribution is 0.450. The van der Waals surface area contributed by atoms with E-state index in [1.54, 1.807) is 12.4 Å². The first-order chi connectivity index (χ1) is 11.0. The van der Waals surface area contributed by atoms with Gasteiger partial charge in [-0.15, -0.1) is 0 Å². The molecule has 5 heteroatoms. The van der Waals surface area contributed by atoms with Crippen molar-refractivity contribution >= 4 is 11.6 Å². The predicted molar refractivity (Wildman–Crippen MR) is 89.0 cm³/mol. The Balaban J connectivity index is 2.17. The molecular formula is C18H18N4O. The van der Waals surface area contributed by atoms with Crippen molar-refractivity contribution in [3.63, 3.8) is 0 Å². The fourth-order valence-electron chi connectivity index (χ4n) is 2.91. The van der Waals surface area contributed by atoms with E-state index in [0.29, 0.717) is 5.75 Å². The summed E-state index contributed by atoms with van der Waals surface area (Å²) in [6, 6.07) is 10.1. The van der Waals surface area contributed by atoms with Crippen LogP contribution in [0.3, 0.4) is 0 Å². The van der Waals surface area contributed by atoms with Gasteiger partial charge in [0.2, 0.25) is 5.90 Å². The third kappa shape index (κ3) is 2.64. The van der Waals surface area contributed by atoms with Gasteiger partial charge in [-0.05, 0) is 24.1 Å². The second kappa shape index (κ2) is 5.73. The highest BCUT2D eigenvalue weighted by atomic mass is 16.5. The summed E-state index contributed by atoms with van der Waals surface area (Å²) in [5.74, 6) is -0.252. The van der Waals surface area contributed by atoms with Crippen molar-refractivity contribution in [2.75, 3.05) is 19.0 Å². The number of hydrogen-bond donors (Lipinski definition) is 1. The minimum absolute atomic E-state index is 0.0117. The van der Waals surface area contributed by atoms with Crippen molar-refractivity contribution < 1.29 is 4.74 Å². The number of nitriles is 1. The molecule has 2 unspecified atom stereocenters. The van der Waals surface area contributed by atoms with Crippen LogP contribution in [0.5, 0.6) is 5.75 Å². The fourth-order valence-corrected chi connectivity index (χ4v) is 2.91. The normalized spacial score (nSPS) is 19.5. The first-order valence-corrected chi connectivity index (χ1v) is 7.40. The van der Waals surface area contributed by atoms with Crippen LogP contribution >= 0.6 is 0 Å². The van der Waals surface area contributed by atoms with E-state index in [2.05, 4.69) is 11.1 Å². The van der Waals surface area contributed by atoms with Gasteiger partial charge in [0.1, 0.15) is 11.7 Å². The Labute approximate surface area is 135 Å². The molecule has 0 radical (unpaired) electrons. The summed E-state index contributed by atoms with van der Waals surface area (Å²) >= 11 is 0. The van der Waals surface area contributed by atoms with Crippen molar-refractivity contribution in [3.05, 3.63) is 53.3 Å². The van der Waals surface area contributed by atoms with Crippen LogP contribution in [0.4, 0.5) is 5.69 Å². The van der Waals surface area contributed by atoms with Crippen LogP contribution in [0.1, 0.15) is 22.6 Å². The van der Waals surface area contributed by atoms with Crippen molar-refractivity contribution in [1.29, 1.82) is 10.7 Å². The van der Waals surface area contributed by atoms with Gasteiger partial charge in [0.05, 0.1) is 6.07 Å². The number of fused-ring (bicyclic) bond motifs is 1. The smallest absolute Gasteiger partial charge is 0.205 e. The Kier molecular flexibility index (Phi) is 3.75. The van der Waals surface area contributed by atoms with Gasteiger partial charge >= 0.3 is 0 Å². The highest BCUT2D eigenvalue weighted by molar-refractivity contribution is 5.85. The molecule has 1 N–H and O–H groups in total. The fraction of sp³-hybridized carbons (Fsp3) is 0.278. The number of nitrogens with zero attached hydrogens (tertiary/aromatic N) is 3. The molecule has 116 valence electrons. The molecule has 0 saturated carbocycles. The van der Waals surface area contributed by atoms with Crippen LogP contribution in [0.15, 0.2) is 36.7 Å². The predicted octanol–water partition coefficient (Wildman–Crippen LogP) is 3.10. The Hall–Kier alpha value is -2.87. The molecule has 2 aromatic rings. The Morgan fingerprint density at radius 3 is 2.70 bits per heavy atom. The van der Waals surface area contributed by atoms with E-state index in [-0.39, 0.29) is 11.8 Å². The van der Waals surface area contributed by atoms with Gasteiger partial charge in [-0.1, -0.05) is 12.1 Å². The Bertz CT molecular complexity index is 807. The number of aryl methyl sites for hydroxylation is 1. The number of aromatic nitrogens is 1. The van der Waals surface area contributed by atoms with E-state index in [1.807, 2.05) is 50.2 Å². The summed E-state index contributed by atoms with van der Waals surface area (Å²) in [5, 5.41) is 17.6. The van der Waals surface area contributed by atoms with Crippen LogP contribution in [0.25, 0.3) is 0 Å². The summed E-state index contributed by atoms with van der Waals surface area (Å²) < 4.78 is 5.62. The third-order valence-electron chi connectivity index (χ3n) is 4.08. The lowest BCUT2D eigenvalue weighted by Crippen LogP contribution is -2.31. The second-order valence-corrected chi connectivity index (χ2v) is 5.96. The number of ether oxygens (including phenoxy) is 1. The maximum Gasteiger partial charge on any atom is 0.205 e. The maximum atomic E-state index is 9.53. The summed E-state index contributed by atoms with van der Waals surface area (Å²) in [7, 11) is 3.91. The van der Waals surface area contributed by atoms with Gasteiger partial charge in [0, 0.05) is 49.7 Å². The number of anilines is 1. The molecule has 1 aromatic carbocycles. The molecule has 2 atom stereocenters. The zero-order chi connectivity index (χ0) is 16.6. The molecule has 3 rings (SSSR count). The molecule has 1 aliphatic rings. The van der Waals surface area contributed by atoms with Gasteiger partial charge < -0.3 is 9.64 Å². The van der Waals surface area contributed by atoms with Crippen LogP contribution in [0.2, 0.25) is 0 Å². The van der Waals surface area contributed by atoms with Gasteiger partial charge in [0.15, 0.2) is 0 Å². The van der Waals surface area contributed by atoms with E-state index in [0.717, 1.165) is 22.4 Å². The maximum absolute atomic E-state index is 9.53. The Morgan fingerprint density at radius 2 is 2.04 bits per heavy atom. The number of pyridine rings is 1. The number of rotatable bonds is 2. The summed E-state index contributed by atoms with van der Waals surface area (Å²) in [6.07, 6.45) is 3.55. The lowest BCUT2D eigenvalue weighted by Gasteiger charge is -2.31. The van der Waals surface area contributed by atoms with Gasteiger partial charge in [-0.3, -0.25) is 10.4 Å². The molecule has 0 aliphatic carbocycles. The molecule has 0 amide bonds. The van der Waals surface area contributed by atoms with Crippen LogP contribution in [0, 0.1) is 29.6 Å². The molecule has 1 aromatic heterocycles. The van der Waals surface area contributed by atoms with Crippen molar-refractivity contribution in [2.45, 2.75) is 12.8 Å². The number of nitrogens with one attached hydrogen (secondary N) is 1. The standard InChI is InChI=1S/C18H18N4O/c1-11-6-12(10-21-9-11)17-14-5-4-13(22(2)3)7-16(14)23-18(20)15(17)8-19/h4-7,9-10,15,17,20H,1-3H3. The molecule has 5 nitrogen and oxygen atoms in total. The molecule has 0 saturated heterocycles. The second-order valence-electron chi connectivity index (χ2n) is 5.96. The van der Waals surface area contributed by atoms with Gasteiger partial charge in [0.25, 0.3) is 0 Å². The molecular weight excluding hydrogens is 288 g/mol. The molecule has 0 spiro atoms. The summed E-state index contributed by atoms with van der Waals surface area (Å²) in [6.45, 7) is 1.97. The van der Waals surface area contributed by atoms with E-state index in [9.17, 15) is 5.26 Å². The minimum atomic E-state index is -0.642. The van der Waals surface area contributed by atoms with E-state index in [4.69, 9.17) is 10.1 Å². The van der Waals surface area contributed by atoms with Crippen molar-refractivity contribution in [3.8, 4) is 11.8 Å². The van der Waals surface area contributed by atoms with E-state index in [1.165, 1.54) is 0 Å². The number of hydrogen-bond acceptors (Lipinski definition) is 5. The van der Waals surface area contributed by atoms with E-state index >= 15 is 0 Å². The molecule has 23 heavy (non-hydrogen) atoms. The average Bonchev–Trinajstić information content (AvgIpc) is 2.52. The average molecular weight is 306 g/mol. The quantitative estimate of drug-likeness (QED) is 0.925. The van der Waals surface area contributed by atoms with Crippen LogP contribution < -0.4 is 9.64 Å². The monoisotopic (exact) mass is 306 g/mol. The highest BCUT2D eigenvalue weighted by Crippen LogP contribution is 2.43. The minimum Gasteiger partial charge on any atom is -0.442 e. The zero-order valence-corrected chi connectivity index (χ0v) is 13.4. The van der Waals surface area contributed by atoms with Gasteiger partial charge in [-0.25, -0.2) is 0 Å². The van der Waals surface area contributed by atoms with Crippen LogP contribution in [-0.4, -0.2) is 25.0 Å². The van der Waals surface area contributed by atoms with Crippen molar-refractivity contribution in [1.82, 2.24) is 4.98 Å². The first kappa shape index (κ1) is 15.0. The SMILES string of the molecule is Cc1cncc(C2c3ccc(N(C)C)cc3OC(=N)C2C#N)c1. The third-order valence-corrected chi connectivity index (χ3v) is 4.08.